The predicted octanol–water partition coefficient (Wildman–Crippen LogP) is 5.11. The number of nitrogens with zero attached hydrogens (tertiary/aromatic N) is 3. The molecule has 4 rings (SSSR count). The van der Waals surface area contributed by atoms with Gasteiger partial charge in [-0.3, -0.25) is 14.9 Å². The van der Waals surface area contributed by atoms with Crippen molar-refractivity contribution in [3.8, 4) is 22.5 Å². The van der Waals surface area contributed by atoms with Gasteiger partial charge in [0.1, 0.15) is 0 Å². The van der Waals surface area contributed by atoms with E-state index in [0.29, 0.717) is 17.1 Å². The lowest BCUT2D eigenvalue weighted by Crippen LogP contribution is -2.28. The fraction of sp³-hybridized carbons (Fsp3) is 0.125. The summed E-state index contributed by atoms with van der Waals surface area (Å²) in [6.07, 6.45) is 2.49. The molecule has 0 saturated carbocycles. The quantitative estimate of drug-likeness (QED) is 0.475. The molecule has 0 saturated heterocycles. The minimum absolute atomic E-state index is 0.0126. The molecule has 0 atom stereocenters. The Morgan fingerprint density at radius 3 is 2.43 bits per heavy atom. The van der Waals surface area contributed by atoms with Crippen molar-refractivity contribution in [2.45, 2.75) is 6.42 Å². The van der Waals surface area contributed by atoms with Gasteiger partial charge in [0.25, 0.3) is 5.91 Å². The van der Waals surface area contributed by atoms with Crippen LogP contribution < -0.4 is 0 Å². The van der Waals surface area contributed by atoms with E-state index in [-0.39, 0.29) is 5.91 Å². The summed E-state index contributed by atoms with van der Waals surface area (Å²) in [5.41, 5.74) is 5.32. The highest BCUT2D eigenvalue weighted by Gasteiger charge is 2.13. The van der Waals surface area contributed by atoms with Crippen LogP contribution in [0.25, 0.3) is 22.5 Å². The lowest BCUT2D eigenvalue weighted by atomic mass is 10.1. The summed E-state index contributed by atoms with van der Waals surface area (Å²) in [7, 11) is 1.81. The number of pyridine rings is 1. The summed E-state index contributed by atoms with van der Waals surface area (Å²) in [6, 6.07) is 22.9. The first-order chi connectivity index (χ1) is 14.6. The van der Waals surface area contributed by atoms with E-state index in [4.69, 9.17) is 11.6 Å². The highest BCUT2D eigenvalue weighted by molar-refractivity contribution is 6.30. The van der Waals surface area contributed by atoms with Gasteiger partial charge in [0, 0.05) is 48.1 Å². The molecular formula is C24H21ClN4O. The monoisotopic (exact) mass is 416 g/mol. The summed E-state index contributed by atoms with van der Waals surface area (Å²) < 4.78 is 0. The van der Waals surface area contributed by atoms with E-state index in [1.54, 1.807) is 11.1 Å². The summed E-state index contributed by atoms with van der Waals surface area (Å²) >= 11 is 5.95. The standard InChI is InChI=1S/C24H21ClN4O/c1-29(15-13-21-4-2-3-14-26-21)24(30)19-7-5-17(6-8-19)22-16-23(28-27-22)18-9-11-20(25)12-10-18/h2-12,14,16H,13,15H2,1H3,(H,27,28). The molecule has 0 aliphatic rings. The molecule has 2 aromatic heterocycles. The van der Waals surface area contributed by atoms with Crippen LogP contribution in [0.4, 0.5) is 0 Å². The van der Waals surface area contributed by atoms with E-state index < -0.39 is 0 Å². The lowest BCUT2D eigenvalue weighted by molar-refractivity contribution is 0.0796. The Morgan fingerprint density at radius 1 is 1.00 bits per heavy atom. The number of aromatic amines is 1. The van der Waals surface area contributed by atoms with Crippen molar-refractivity contribution in [2.75, 3.05) is 13.6 Å². The van der Waals surface area contributed by atoms with Crippen LogP contribution in [0.15, 0.2) is 79.0 Å². The van der Waals surface area contributed by atoms with Crippen LogP contribution in [-0.4, -0.2) is 39.6 Å². The number of carbonyl (C=O) groups is 1. The first-order valence-electron chi connectivity index (χ1n) is 9.67. The fourth-order valence-corrected chi connectivity index (χ4v) is 3.31. The molecule has 150 valence electrons. The van der Waals surface area contributed by atoms with E-state index in [1.165, 1.54) is 0 Å². The molecule has 0 aliphatic carbocycles. The molecule has 0 fully saturated rings. The smallest absolute Gasteiger partial charge is 0.253 e. The van der Waals surface area contributed by atoms with Crippen LogP contribution in [-0.2, 0) is 6.42 Å². The number of carbonyl (C=O) groups excluding carboxylic acids is 1. The second-order valence-electron chi connectivity index (χ2n) is 7.05. The number of likely N-dealkylation sites (N-methyl/N-ethyl adjacent to an activating group) is 1. The van der Waals surface area contributed by atoms with Gasteiger partial charge in [0.2, 0.25) is 0 Å². The number of nitrogens with one attached hydrogen (secondary N) is 1. The number of hydrogen-bond donors (Lipinski definition) is 1. The molecule has 2 heterocycles. The van der Waals surface area contributed by atoms with E-state index >= 15 is 0 Å². The van der Waals surface area contributed by atoms with Crippen molar-refractivity contribution in [1.29, 1.82) is 0 Å². The van der Waals surface area contributed by atoms with Crippen molar-refractivity contribution in [1.82, 2.24) is 20.1 Å². The van der Waals surface area contributed by atoms with E-state index in [0.717, 1.165) is 34.6 Å². The minimum Gasteiger partial charge on any atom is -0.341 e. The van der Waals surface area contributed by atoms with Gasteiger partial charge in [0.05, 0.1) is 11.4 Å². The van der Waals surface area contributed by atoms with Crippen molar-refractivity contribution < 1.29 is 4.79 Å². The molecule has 4 aromatic rings. The average Bonchev–Trinajstić information content (AvgIpc) is 3.28. The molecule has 0 aliphatic heterocycles. The first kappa shape index (κ1) is 19.9. The van der Waals surface area contributed by atoms with E-state index in [2.05, 4.69) is 15.2 Å². The molecule has 0 unspecified atom stereocenters. The Labute approximate surface area is 180 Å². The maximum absolute atomic E-state index is 12.7. The zero-order valence-electron chi connectivity index (χ0n) is 16.5. The number of aromatic nitrogens is 3. The van der Waals surface area contributed by atoms with Gasteiger partial charge in [-0.05, 0) is 48.0 Å². The third-order valence-corrected chi connectivity index (χ3v) is 5.19. The first-order valence-corrected chi connectivity index (χ1v) is 10.0. The SMILES string of the molecule is CN(CCc1ccccn1)C(=O)c1ccc(-c2cc(-c3ccc(Cl)cc3)[nH]n2)cc1. The molecule has 6 heteroatoms. The number of halogens is 1. The number of H-pyrrole nitrogens is 1. The van der Waals surface area contributed by atoms with Crippen LogP contribution in [0.3, 0.4) is 0 Å². The fourth-order valence-electron chi connectivity index (χ4n) is 3.18. The molecule has 1 N–H and O–H groups in total. The van der Waals surface area contributed by atoms with Crippen LogP contribution in [0.2, 0.25) is 5.02 Å². The summed E-state index contributed by atoms with van der Waals surface area (Å²) in [4.78, 5) is 18.7. The number of amides is 1. The van der Waals surface area contributed by atoms with Gasteiger partial charge >= 0.3 is 0 Å². The summed E-state index contributed by atoms with van der Waals surface area (Å²) in [5, 5.41) is 8.15. The Hall–Kier alpha value is -3.44. The third-order valence-electron chi connectivity index (χ3n) is 4.94. The molecule has 2 aromatic carbocycles. The number of benzene rings is 2. The highest BCUT2D eigenvalue weighted by atomic mass is 35.5. The zero-order chi connectivity index (χ0) is 20.9. The van der Waals surface area contributed by atoms with E-state index in [9.17, 15) is 4.79 Å². The van der Waals surface area contributed by atoms with Gasteiger partial charge in [0.15, 0.2) is 0 Å². The zero-order valence-corrected chi connectivity index (χ0v) is 17.3. The normalized spacial score (nSPS) is 10.7. The molecule has 0 spiro atoms. The third kappa shape index (κ3) is 4.58. The minimum atomic E-state index is -0.0126. The maximum Gasteiger partial charge on any atom is 0.253 e. The van der Waals surface area contributed by atoms with Crippen molar-refractivity contribution in [3.05, 3.63) is 95.3 Å². The number of rotatable bonds is 6. The van der Waals surface area contributed by atoms with Crippen LogP contribution >= 0.6 is 11.6 Å². The van der Waals surface area contributed by atoms with Gasteiger partial charge in [-0.2, -0.15) is 5.10 Å². The molecule has 0 radical (unpaired) electrons. The topological polar surface area (TPSA) is 61.9 Å². The average molecular weight is 417 g/mol. The summed E-state index contributed by atoms with van der Waals surface area (Å²) in [6.45, 7) is 0.613. The summed E-state index contributed by atoms with van der Waals surface area (Å²) in [5.74, 6) is -0.0126. The van der Waals surface area contributed by atoms with Crippen LogP contribution in [0.5, 0.6) is 0 Å². The Balaban J connectivity index is 1.42. The van der Waals surface area contributed by atoms with Gasteiger partial charge in [-0.1, -0.05) is 41.9 Å². The Kier molecular flexibility index (Phi) is 5.91. The van der Waals surface area contributed by atoms with Gasteiger partial charge < -0.3 is 4.90 Å². The van der Waals surface area contributed by atoms with Crippen molar-refractivity contribution in [2.24, 2.45) is 0 Å². The van der Waals surface area contributed by atoms with Crippen LogP contribution in [0, 0.1) is 0 Å². The number of hydrogen-bond acceptors (Lipinski definition) is 3. The van der Waals surface area contributed by atoms with Crippen molar-refractivity contribution in [3.63, 3.8) is 0 Å². The lowest BCUT2D eigenvalue weighted by Gasteiger charge is -2.17. The van der Waals surface area contributed by atoms with Gasteiger partial charge in [-0.15, -0.1) is 0 Å². The largest absolute Gasteiger partial charge is 0.341 e. The molecule has 1 amide bonds. The van der Waals surface area contributed by atoms with Crippen LogP contribution in [0.1, 0.15) is 16.1 Å². The molecular weight excluding hydrogens is 396 g/mol. The second kappa shape index (κ2) is 8.93. The second-order valence-corrected chi connectivity index (χ2v) is 7.49. The predicted molar refractivity (Wildman–Crippen MR) is 119 cm³/mol. The Morgan fingerprint density at radius 2 is 1.73 bits per heavy atom. The highest BCUT2D eigenvalue weighted by Crippen LogP contribution is 2.25. The van der Waals surface area contributed by atoms with Gasteiger partial charge in [-0.25, -0.2) is 0 Å². The Bertz CT molecular complexity index is 1120. The maximum atomic E-state index is 12.7. The molecule has 30 heavy (non-hydrogen) atoms. The molecule has 5 nitrogen and oxygen atoms in total. The van der Waals surface area contributed by atoms with E-state index in [1.807, 2.05) is 79.8 Å². The molecule has 0 bridgehead atoms. The van der Waals surface area contributed by atoms with Crippen molar-refractivity contribution >= 4 is 17.5 Å².